The molecule has 2 N–H and O–H groups in total. The number of hydrogen-bond acceptors (Lipinski definition) is 4. The molecule has 6 nitrogen and oxygen atoms in total. The van der Waals surface area contributed by atoms with Gasteiger partial charge in [0.2, 0.25) is 5.91 Å². The van der Waals surface area contributed by atoms with Crippen LogP contribution in [0, 0.1) is 6.92 Å². The van der Waals surface area contributed by atoms with Gasteiger partial charge in [-0.2, -0.15) is 0 Å². The molecule has 1 aliphatic rings. The predicted octanol–water partition coefficient (Wildman–Crippen LogP) is 4.73. The van der Waals surface area contributed by atoms with Crippen molar-refractivity contribution in [2.45, 2.75) is 25.8 Å². The van der Waals surface area contributed by atoms with Crippen LogP contribution in [-0.2, 0) is 16.0 Å². The molecular weight excluding hydrogens is 414 g/mol. The molecular formula is C27H25N3O3. The highest BCUT2D eigenvalue weighted by Crippen LogP contribution is 2.28. The Labute approximate surface area is 192 Å². The number of amides is 2. The lowest BCUT2D eigenvalue weighted by atomic mass is 10.1. The van der Waals surface area contributed by atoms with Crippen LogP contribution >= 0.6 is 0 Å². The monoisotopic (exact) mass is 439 g/mol. The first-order chi connectivity index (χ1) is 16.1. The van der Waals surface area contributed by atoms with E-state index in [0.29, 0.717) is 18.0 Å². The van der Waals surface area contributed by atoms with Crippen molar-refractivity contribution in [1.82, 2.24) is 10.3 Å². The Hall–Kier alpha value is -3.90. The minimum atomic E-state index is -0.510. The minimum Gasteiger partial charge on any atom is -0.457 e. The number of aromatic amines is 1. The van der Waals surface area contributed by atoms with Gasteiger partial charge in [-0.15, -0.1) is 0 Å². The van der Waals surface area contributed by atoms with E-state index in [1.807, 2.05) is 36.5 Å². The molecule has 1 fully saturated rings. The zero-order chi connectivity index (χ0) is 22.8. The highest BCUT2D eigenvalue weighted by Gasteiger charge is 2.39. The second-order valence-corrected chi connectivity index (χ2v) is 8.30. The van der Waals surface area contributed by atoms with Crippen LogP contribution < -0.4 is 15.0 Å². The highest BCUT2D eigenvalue weighted by atomic mass is 16.5. The van der Waals surface area contributed by atoms with Crippen LogP contribution in [0.3, 0.4) is 0 Å². The van der Waals surface area contributed by atoms with Crippen molar-refractivity contribution >= 4 is 28.4 Å². The largest absolute Gasteiger partial charge is 0.457 e. The summed E-state index contributed by atoms with van der Waals surface area (Å²) >= 11 is 0. The van der Waals surface area contributed by atoms with Gasteiger partial charge in [-0.1, -0.05) is 29.8 Å². The summed E-state index contributed by atoms with van der Waals surface area (Å²) in [6.45, 7) is 2.69. The maximum Gasteiger partial charge on any atom is 0.251 e. The molecule has 0 spiro atoms. The Morgan fingerprint density at radius 3 is 2.55 bits per heavy atom. The molecule has 3 aromatic carbocycles. The van der Waals surface area contributed by atoms with Crippen LogP contribution in [0.5, 0.6) is 11.5 Å². The smallest absolute Gasteiger partial charge is 0.251 e. The number of ether oxygens (including phenoxy) is 1. The first kappa shape index (κ1) is 21.0. The number of imide groups is 1. The molecule has 4 aromatic rings. The van der Waals surface area contributed by atoms with Crippen molar-refractivity contribution in [2.24, 2.45) is 0 Å². The van der Waals surface area contributed by atoms with Crippen molar-refractivity contribution < 1.29 is 14.3 Å². The van der Waals surface area contributed by atoms with Gasteiger partial charge in [-0.3, -0.25) is 9.59 Å². The summed E-state index contributed by atoms with van der Waals surface area (Å²) < 4.78 is 5.79. The summed E-state index contributed by atoms with van der Waals surface area (Å²) in [5, 5.41) is 4.47. The van der Waals surface area contributed by atoms with E-state index in [1.165, 1.54) is 21.4 Å². The lowest BCUT2D eigenvalue weighted by Gasteiger charge is -2.16. The lowest BCUT2D eigenvalue weighted by Crippen LogP contribution is -2.39. The number of aromatic nitrogens is 1. The molecule has 2 heterocycles. The van der Waals surface area contributed by atoms with E-state index < -0.39 is 6.04 Å². The molecule has 6 heteroatoms. The van der Waals surface area contributed by atoms with Gasteiger partial charge in [-0.05, 0) is 67.4 Å². The van der Waals surface area contributed by atoms with Crippen molar-refractivity contribution in [3.63, 3.8) is 0 Å². The number of carbonyl (C=O) groups excluding carboxylic acids is 2. The maximum atomic E-state index is 12.9. The predicted molar refractivity (Wildman–Crippen MR) is 129 cm³/mol. The Morgan fingerprint density at radius 1 is 1.00 bits per heavy atom. The molecule has 0 unspecified atom stereocenters. The Kier molecular flexibility index (Phi) is 5.67. The summed E-state index contributed by atoms with van der Waals surface area (Å²) in [6, 6.07) is 22.3. The molecule has 0 aliphatic carbocycles. The Balaban J connectivity index is 1.21. The van der Waals surface area contributed by atoms with E-state index in [4.69, 9.17) is 4.74 Å². The molecule has 0 bridgehead atoms. The summed E-state index contributed by atoms with van der Waals surface area (Å²) in [4.78, 5) is 30.1. The Bertz CT molecular complexity index is 1300. The Morgan fingerprint density at radius 2 is 1.76 bits per heavy atom. The number of H-pyrrole nitrogens is 1. The van der Waals surface area contributed by atoms with Crippen LogP contribution in [0.4, 0.5) is 5.69 Å². The topological polar surface area (TPSA) is 74.4 Å². The number of rotatable bonds is 7. The van der Waals surface area contributed by atoms with Crippen LogP contribution in [0.25, 0.3) is 10.9 Å². The normalized spacial score (nSPS) is 16.0. The summed E-state index contributed by atoms with van der Waals surface area (Å²) in [5.41, 5.74) is 4.07. The van der Waals surface area contributed by atoms with Gasteiger partial charge in [0.1, 0.15) is 11.5 Å². The van der Waals surface area contributed by atoms with Gasteiger partial charge >= 0.3 is 0 Å². The third-order valence-corrected chi connectivity index (χ3v) is 5.93. The molecule has 1 aliphatic heterocycles. The fraction of sp³-hybridized carbons (Fsp3) is 0.185. The van der Waals surface area contributed by atoms with Crippen molar-refractivity contribution in [2.75, 3.05) is 11.4 Å². The number of hydrogen-bond donors (Lipinski definition) is 2. The molecule has 1 saturated heterocycles. The zero-order valence-electron chi connectivity index (χ0n) is 18.4. The van der Waals surface area contributed by atoms with Crippen molar-refractivity contribution in [3.8, 4) is 11.5 Å². The summed E-state index contributed by atoms with van der Waals surface area (Å²) in [7, 11) is 0. The van der Waals surface area contributed by atoms with E-state index in [2.05, 4.69) is 35.4 Å². The molecule has 33 heavy (non-hydrogen) atoms. The second kappa shape index (κ2) is 8.92. The van der Waals surface area contributed by atoms with E-state index in [0.717, 1.165) is 17.7 Å². The number of carbonyl (C=O) groups is 2. The molecule has 0 radical (unpaired) electrons. The SMILES string of the molecule is Cc1ccc2[nH]cc(CCN[C@H]3CC(=O)N(c4ccc(Oc5ccccc5)cc4)C3=O)c2c1. The number of fused-ring (bicyclic) bond motifs is 1. The molecule has 0 saturated carbocycles. The van der Waals surface area contributed by atoms with Gasteiger partial charge in [0.15, 0.2) is 0 Å². The number of para-hydroxylation sites is 1. The second-order valence-electron chi connectivity index (χ2n) is 8.30. The zero-order valence-corrected chi connectivity index (χ0v) is 18.4. The number of benzene rings is 3. The van der Waals surface area contributed by atoms with Gasteiger partial charge in [-0.25, -0.2) is 4.90 Å². The van der Waals surface area contributed by atoms with E-state index in [9.17, 15) is 9.59 Å². The van der Waals surface area contributed by atoms with E-state index >= 15 is 0 Å². The van der Waals surface area contributed by atoms with Crippen LogP contribution in [0.2, 0.25) is 0 Å². The maximum absolute atomic E-state index is 12.9. The molecule has 1 aromatic heterocycles. The fourth-order valence-corrected chi connectivity index (χ4v) is 4.23. The minimum absolute atomic E-state index is 0.161. The van der Waals surface area contributed by atoms with Gasteiger partial charge in [0.25, 0.3) is 5.91 Å². The van der Waals surface area contributed by atoms with E-state index in [1.54, 1.807) is 24.3 Å². The van der Waals surface area contributed by atoms with Crippen LogP contribution in [-0.4, -0.2) is 29.4 Å². The molecule has 5 rings (SSSR count). The molecule has 1 atom stereocenters. The third-order valence-electron chi connectivity index (χ3n) is 5.93. The van der Waals surface area contributed by atoms with Crippen LogP contribution in [0.1, 0.15) is 17.5 Å². The van der Waals surface area contributed by atoms with E-state index in [-0.39, 0.29) is 18.2 Å². The summed E-state index contributed by atoms with van der Waals surface area (Å²) in [5.74, 6) is 0.962. The van der Waals surface area contributed by atoms with Crippen molar-refractivity contribution in [3.05, 3.63) is 90.1 Å². The summed E-state index contributed by atoms with van der Waals surface area (Å²) in [6.07, 6.45) is 2.94. The van der Waals surface area contributed by atoms with Gasteiger partial charge in [0, 0.05) is 23.6 Å². The molecule has 166 valence electrons. The van der Waals surface area contributed by atoms with Crippen molar-refractivity contribution in [1.29, 1.82) is 0 Å². The number of nitrogens with zero attached hydrogens (tertiary/aromatic N) is 1. The van der Waals surface area contributed by atoms with Gasteiger partial charge in [0.05, 0.1) is 18.2 Å². The average Bonchev–Trinajstić information content (AvgIpc) is 3.35. The fourth-order valence-electron chi connectivity index (χ4n) is 4.23. The number of aryl methyl sites for hydroxylation is 1. The standard InChI is InChI=1S/C27H25N3O3/c1-18-7-12-24-23(15-18)19(17-29-24)13-14-28-25-16-26(31)30(27(25)32)20-8-10-22(11-9-20)33-21-5-3-2-4-6-21/h2-12,15,17,25,28-29H,13-14,16H2,1H3/t25-/m0/s1. The highest BCUT2D eigenvalue weighted by molar-refractivity contribution is 6.22. The number of anilines is 1. The third kappa shape index (κ3) is 4.38. The van der Waals surface area contributed by atoms with Gasteiger partial charge < -0.3 is 15.0 Å². The average molecular weight is 440 g/mol. The first-order valence-corrected chi connectivity index (χ1v) is 11.1. The molecule has 2 amide bonds. The quantitative estimate of drug-likeness (QED) is 0.408. The first-order valence-electron chi connectivity index (χ1n) is 11.1. The lowest BCUT2D eigenvalue weighted by molar-refractivity contribution is -0.121. The number of nitrogens with one attached hydrogen (secondary N) is 2. The van der Waals surface area contributed by atoms with Crippen LogP contribution in [0.15, 0.2) is 79.0 Å².